The van der Waals surface area contributed by atoms with Crippen molar-refractivity contribution in [2.24, 2.45) is 0 Å². The lowest BCUT2D eigenvalue weighted by Crippen LogP contribution is -2.54. The van der Waals surface area contributed by atoms with Gasteiger partial charge in [0.25, 0.3) is 0 Å². The summed E-state index contributed by atoms with van der Waals surface area (Å²) in [5.74, 6) is 1.76. The lowest BCUT2D eigenvalue weighted by Gasteiger charge is -2.40. The highest BCUT2D eigenvalue weighted by Gasteiger charge is 2.36. The Morgan fingerprint density at radius 3 is 2.38 bits per heavy atom. The van der Waals surface area contributed by atoms with Gasteiger partial charge in [0.05, 0.1) is 31.9 Å². The maximum absolute atomic E-state index is 12.7. The van der Waals surface area contributed by atoms with Crippen molar-refractivity contribution in [3.8, 4) is 0 Å². The second kappa shape index (κ2) is 6.86. The van der Waals surface area contributed by atoms with Gasteiger partial charge in [-0.1, -0.05) is 0 Å². The second-order valence-electron chi connectivity index (χ2n) is 8.24. The topological polar surface area (TPSA) is 74.7 Å². The maximum Gasteiger partial charge on any atom is 0.410 e. The van der Waals surface area contributed by atoms with Crippen molar-refractivity contribution in [3.63, 3.8) is 0 Å². The third-order valence-corrected chi connectivity index (χ3v) is 5.83. The van der Waals surface area contributed by atoms with Gasteiger partial charge >= 0.3 is 6.09 Å². The molecule has 0 N–H and O–H groups in total. The molecule has 2 fully saturated rings. The van der Waals surface area contributed by atoms with Crippen LogP contribution in [-0.4, -0.2) is 58.2 Å². The first-order valence-electron chi connectivity index (χ1n) is 10.2. The van der Waals surface area contributed by atoms with E-state index in [0.717, 1.165) is 53.1 Å². The molecular weight excluding hydrogens is 368 g/mol. The number of amides is 1. The molecule has 0 bridgehead atoms. The van der Waals surface area contributed by atoms with Gasteiger partial charge in [0.1, 0.15) is 17.7 Å². The van der Waals surface area contributed by atoms with Gasteiger partial charge in [-0.25, -0.2) is 14.8 Å². The number of rotatable bonds is 3. The normalized spacial score (nSPS) is 18.4. The summed E-state index contributed by atoms with van der Waals surface area (Å²) in [6.45, 7) is 10.4. The fourth-order valence-electron chi connectivity index (χ4n) is 4.21. The molecule has 3 aliphatic heterocycles. The van der Waals surface area contributed by atoms with E-state index in [-0.39, 0.29) is 12.2 Å². The van der Waals surface area contributed by atoms with E-state index in [4.69, 9.17) is 4.74 Å². The van der Waals surface area contributed by atoms with Crippen LogP contribution in [0.25, 0.3) is 0 Å². The number of hydrogen-bond donors (Lipinski definition) is 0. The Hall–Kier alpha value is -2.90. The minimum atomic E-state index is -0.262. The summed E-state index contributed by atoms with van der Waals surface area (Å²) in [5, 5.41) is 0. The van der Waals surface area contributed by atoms with Crippen molar-refractivity contribution in [1.82, 2.24) is 19.9 Å². The fourth-order valence-corrected chi connectivity index (χ4v) is 4.21. The van der Waals surface area contributed by atoms with E-state index in [2.05, 4.69) is 36.9 Å². The van der Waals surface area contributed by atoms with Gasteiger partial charge in [0.15, 0.2) is 0 Å². The van der Waals surface area contributed by atoms with Gasteiger partial charge in [-0.05, 0) is 39.3 Å². The SMILES string of the molecule is Cc1cc(N2CC(OC(=O)N3Cc4nc(C)nc(N5CCC5)c4C3)C2)cc(C)n1. The molecule has 0 spiro atoms. The van der Waals surface area contributed by atoms with E-state index in [0.29, 0.717) is 26.2 Å². The van der Waals surface area contributed by atoms with Crippen LogP contribution < -0.4 is 9.80 Å². The van der Waals surface area contributed by atoms with Gasteiger partial charge in [-0.3, -0.25) is 9.88 Å². The minimum absolute atomic E-state index is 0.0809. The summed E-state index contributed by atoms with van der Waals surface area (Å²) in [6, 6.07) is 4.14. The largest absolute Gasteiger partial charge is 0.442 e. The first-order chi connectivity index (χ1) is 14.0. The molecular formula is C21H26N6O2. The highest BCUT2D eigenvalue weighted by Crippen LogP contribution is 2.32. The third-order valence-electron chi connectivity index (χ3n) is 5.83. The molecule has 8 nitrogen and oxygen atoms in total. The van der Waals surface area contributed by atoms with Crippen LogP contribution >= 0.6 is 0 Å². The summed E-state index contributed by atoms with van der Waals surface area (Å²) < 4.78 is 5.75. The molecule has 2 aromatic rings. The van der Waals surface area contributed by atoms with E-state index in [9.17, 15) is 4.79 Å². The molecule has 0 saturated carbocycles. The molecule has 29 heavy (non-hydrogen) atoms. The van der Waals surface area contributed by atoms with E-state index < -0.39 is 0 Å². The molecule has 0 unspecified atom stereocenters. The number of fused-ring (bicyclic) bond motifs is 1. The summed E-state index contributed by atoms with van der Waals surface area (Å²) in [6.07, 6.45) is 0.850. The third kappa shape index (κ3) is 3.36. The number of aryl methyl sites for hydroxylation is 3. The molecule has 0 radical (unpaired) electrons. The van der Waals surface area contributed by atoms with Crippen LogP contribution in [0.2, 0.25) is 0 Å². The zero-order valence-electron chi connectivity index (χ0n) is 17.2. The summed E-state index contributed by atoms with van der Waals surface area (Å²) in [7, 11) is 0. The number of aromatic nitrogens is 3. The van der Waals surface area contributed by atoms with E-state index in [1.807, 2.05) is 20.8 Å². The Bertz CT molecular complexity index is 948. The van der Waals surface area contributed by atoms with Crippen LogP contribution in [0.4, 0.5) is 16.3 Å². The minimum Gasteiger partial charge on any atom is -0.442 e. The van der Waals surface area contributed by atoms with Crippen molar-refractivity contribution < 1.29 is 9.53 Å². The first kappa shape index (κ1) is 18.1. The maximum atomic E-state index is 12.7. The van der Waals surface area contributed by atoms with Gasteiger partial charge < -0.3 is 14.5 Å². The number of anilines is 2. The predicted molar refractivity (Wildman–Crippen MR) is 109 cm³/mol. The number of hydrogen-bond acceptors (Lipinski definition) is 7. The van der Waals surface area contributed by atoms with Crippen molar-refractivity contribution in [2.75, 3.05) is 36.0 Å². The molecule has 152 valence electrons. The van der Waals surface area contributed by atoms with Crippen LogP contribution in [0.15, 0.2) is 12.1 Å². The standard InChI is InChI=1S/C21H26N6O2/c1-13-7-16(8-14(2)22-13)26-9-17(10-26)29-21(28)27-11-18-19(12-27)23-15(3)24-20(18)25-5-4-6-25/h7-8,17H,4-6,9-12H2,1-3H3. The van der Waals surface area contributed by atoms with Gasteiger partial charge in [-0.15, -0.1) is 0 Å². The first-order valence-corrected chi connectivity index (χ1v) is 10.2. The average molecular weight is 394 g/mol. The highest BCUT2D eigenvalue weighted by molar-refractivity contribution is 5.70. The van der Waals surface area contributed by atoms with Gasteiger partial charge in [-0.2, -0.15) is 0 Å². The van der Waals surface area contributed by atoms with Crippen molar-refractivity contribution in [3.05, 3.63) is 40.6 Å². The Morgan fingerprint density at radius 1 is 1.00 bits per heavy atom. The Morgan fingerprint density at radius 2 is 1.72 bits per heavy atom. The van der Waals surface area contributed by atoms with Gasteiger partial charge in [0, 0.05) is 35.7 Å². The molecule has 5 heterocycles. The van der Waals surface area contributed by atoms with Crippen LogP contribution in [0, 0.1) is 20.8 Å². The zero-order chi connectivity index (χ0) is 20.1. The Balaban J connectivity index is 1.20. The molecule has 2 saturated heterocycles. The lowest BCUT2D eigenvalue weighted by atomic mass is 10.1. The molecule has 1 amide bonds. The zero-order valence-corrected chi connectivity index (χ0v) is 17.2. The quantitative estimate of drug-likeness (QED) is 0.791. The fraction of sp³-hybridized carbons (Fsp3) is 0.524. The second-order valence-corrected chi connectivity index (χ2v) is 8.24. The number of nitrogens with zero attached hydrogens (tertiary/aromatic N) is 6. The van der Waals surface area contributed by atoms with Crippen molar-refractivity contribution in [2.45, 2.75) is 46.4 Å². The predicted octanol–water partition coefficient (Wildman–Crippen LogP) is 2.35. The van der Waals surface area contributed by atoms with Gasteiger partial charge in [0.2, 0.25) is 0 Å². The molecule has 2 aromatic heterocycles. The number of ether oxygens (including phenoxy) is 1. The van der Waals surface area contributed by atoms with E-state index in [1.54, 1.807) is 4.90 Å². The molecule has 5 rings (SSSR count). The summed E-state index contributed by atoms with van der Waals surface area (Å²) in [4.78, 5) is 32.6. The van der Waals surface area contributed by atoms with Crippen molar-refractivity contribution in [1.29, 1.82) is 0 Å². The van der Waals surface area contributed by atoms with E-state index in [1.165, 1.54) is 6.42 Å². The monoisotopic (exact) mass is 394 g/mol. The van der Waals surface area contributed by atoms with E-state index >= 15 is 0 Å². The molecule has 0 atom stereocenters. The van der Waals surface area contributed by atoms with Crippen LogP contribution in [-0.2, 0) is 17.8 Å². The van der Waals surface area contributed by atoms with Crippen LogP contribution in [0.5, 0.6) is 0 Å². The number of pyridine rings is 1. The summed E-state index contributed by atoms with van der Waals surface area (Å²) >= 11 is 0. The van der Waals surface area contributed by atoms with Crippen molar-refractivity contribution >= 4 is 17.6 Å². The number of carbonyl (C=O) groups is 1. The Kier molecular flexibility index (Phi) is 4.29. The molecule has 0 aromatic carbocycles. The summed E-state index contributed by atoms with van der Waals surface area (Å²) in [5.41, 5.74) is 5.18. The highest BCUT2D eigenvalue weighted by atomic mass is 16.6. The Labute approximate surface area is 170 Å². The van der Waals surface area contributed by atoms with Crippen LogP contribution in [0.3, 0.4) is 0 Å². The molecule has 8 heteroatoms. The lowest BCUT2D eigenvalue weighted by molar-refractivity contribution is 0.0490. The molecule has 0 aliphatic carbocycles. The van der Waals surface area contributed by atoms with Crippen LogP contribution in [0.1, 0.15) is 34.9 Å². The smallest absolute Gasteiger partial charge is 0.410 e. The average Bonchev–Trinajstić information content (AvgIpc) is 2.99. The molecule has 3 aliphatic rings. The number of carbonyl (C=O) groups excluding carboxylic acids is 1.